The number of ether oxygens (including phenoxy) is 1. The van der Waals surface area contributed by atoms with Crippen LogP contribution in [0.25, 0.3) is 10.9 Å². The number of hydrogen-bond donors (Lipinski definition) is 1. The van der Waals surface area contributed by atoms with Crippen molar-refractivity contribution >= 4 is 22.9 Å². The van der Waals surface area contributed by atoms with E-state index in [0.29, 0.717) is 37.0 Å². The van der Waals surface area contributed by atoms with Gasteiger partial charge in [-0.1, -0.05) is 30.3 Å². The van der Waals surface area contributed by atoms with Crippen molar-refractivity contribution in [2.75, 3.05) is 13.1 Å². The molecule has 0 aliphatic carbocycles. The van der Waals surface area contributed by atoms with E-state index in [9.17, 15) is 14.0 Å². The van der Waals surface area contributed by atoms with E-state index >= 15 is 0 Å². The summed E-state index contributed by atoms with van der Waals surface area (Å²) < 4.78 is 19.1. The van der Waals surface area contributed by atoms with Gasteiger partial charge in [0.2, 0.25) is 0 Å². The number of fused-ring (bicyclic) bond motifs is 1. The van der Waals surface area contributed by atoms with Gasteiger partial charge in [0.1, 0.15) is 17.6 Å². The number of hydrogen-bond acceptors (Lipinski definition) is 3. The van der Waals surface area contributed by atoms with Crippen LogP contribution in [-0.2, 0) is 4.74 Å². The van der Waals surface area contributed by atoms with Gasteiger partial charge in [-0.15, -0.1) is 0 Å². The summed E-state index contributed by atoms with van der Waals surface area (Å²) in [6.07, 6.45) is 0.826. The Morgan fingerprint density at radius 3 is 2.58 bits per heavy atom. The molecule has 2 fully saturated rings. The summed E-state index contributed by atoms with van der Waals surface area (Å²) in [6, 6.07) is 15.9. The number of H-pyrrole nitrogens is 1. The van der Waals surface area contributed by atoms with Crippen LogP contribution in [0.15, 0.2) is 54.6 Å². The van der Waals surface area contributed by atoms with Crippen LogP contribution < -0.4 is 0 Å². The van der Waals surface area contributed by atoms with E-state index < -0.39 is 0 Å². The predicted octanol–water partition coefficient (Wildman–Crippen LogP) is 4.49. The number of nitrogens with zero attached hydrogens (tertiary/aromatic N) is 2. The van der Waals surface area contributed by atoms with Gasteiger partial charge in [0.25, 0.3) is 5.91 Å². The molecule has 31 heavy (non-hydrogen) atoms. The molecule has 5 rings (SSSR count). The molecule has 3 aromatic rings. The maximum atomic E-state index is 13.4. The third kappa shape index (κ3) is 3.54. The van der Waals surface area contributed by atoms with Crippen LogP contribution in [0.5, 0.6) is 0 Å². The topological polar surface area (TPSA) is 65.6 Å². The minimum Gasteiger partial charge on any atom is -0.439 e. The normalized spacial score (nSPS) is 22.2. The molecule has 6 nitrogen and oxygen atoms in total. The van der Waals surface area contributed by atoms with Crippen molar-refractivity contribution < 1.29 is 18.7 Å². The van der Waals surface area contributed by atoms with Gasteiger partial charge >= 0.3 is 6.09 Å². The summed E-state index contributed by atoms with van der Waals surface area (Å²) in [4.78, 5) is 32.3. The second-order valence-electron chi connectivity index (χ2n) is 8.30. The van der Waals surface area contributed by atoms with Crippen LogP contribution in [0.3, 0.4) is 0 Å². The van der Waals surface area contributed by atoms with Gasteiger partial charge in [-0.3, -0.25) is 9.69 Å². The summed E-state index contributed by atoms with van der Waals surface area (Å²) in [5.41, 5.74) is 2.19. The Kier molecular flexibility index (Phi) is 4.88. The van der Waals surface area contributed by atoms with Crippen LogP contribution in [0.1, 0.15) is 41.9 Å². The first-order chi connectivity index (χ1) is 15.0. The van der Waals surface area contributed by atoms with Gasteiger partial charge in [0.05, 0.1) is 6.04 Å². The zero-order chi connectivity index (χ0) is 21.5. The first-order valence-corrected chi connectivity index (χ1v) is 10.6. The number of rotatable bonds is 3. The van der Waals surface area contributed by atoms with Crippen LogP contribution in [-0.4, -0.2) is 52.0 Å². The summed E-state index contributed by atoms with van der Waals surface area (Å²) in [6.45, 7) is 3.13. The molecule has 2 amide bonds. The Balaban J connectivity index is 1.25. The second-order valence-corrected chi connectivity index (χ2v) is 8.30. The number of halogens is 1. The number of aromatic nitrogens is 1. The highest BCUT2D eigenvalue weighted by molar-refractivity contribution is 5.98. The Hall–Kier alpha value is -3.35. The molecule has 1 N–H and O–H groups in total. The molecular formula is C24H24FN3O3. The Labute approximate surface area is 179 Å². The average Bonchev–Trinajstić information content (AvgIpc) is 3.34. The van der Waals surface area contributed by atoms with Gasteiger partial charge in [-0.2, -0.15) is 0 Å². The number of likely N-dealkylation sites (tertiary alicyclic amines) is 1. The third-order valence-electron chi connectivity index (χ3n) is 6.40. The van der Waals surface area contributed by atoms with E-state index in [-0.39, 0.29) is 36.0 Å². The van der Waals surface area contributed by atoms with Gasteiger partial charge < -0.3 is 14.6 Å². The van der Waals surface area contributed by atoms with E-state index in [2.05, 4.69) is 4.98 Å². The standard InChI is InChI=1S/C24H24FN3O3/c1-15-22(16-5-3-2-4-6-16)31-24(30)28(15)19-9-11-27(12-10-19)23(29)21-14-17-13-18(25)7-8-20(17)26-21/h2-8,13-15,19,22,26H,9-12H2,1H3/t15-,22-/m1/s1. The van der Waals surface area contributed by atoms with E-state index in [4.69, 9.17) is 4.74 Å². The molecule has 0 saturated carbocycles. The zero-order valence-electron chi connectivity index (χ0n) is 17.3. The van der Waals surface area contributed by atoms with Gasteiger partial charge in [-0.05, 0) is 49.6 Å². The maximum absolute atomic E-state index is 13.4. The lowest BCUT2D eigenvalue weighted by Gasteiger charge is -2.37. The highest BCUT2D eigenvalue weighted by atomic mass is 19.1. The van der Waals surface area contributed by atoms with Crippen molar-refractivity contribution in [3.63, 3.8) is 0 Å². The summed E-state index contributed by atoms with van der Waals surface area (Å²) in [7, 11) is 0. The maximum Gasteiger partial charge on any atom is 0.411 e. The molecular weight excluding hydrogens is 397 g/mol. The number of carbonyl (C=O) groups excluding carboxylic acids is 2. The molecule has 2 aliphatic rings. The minimum absolute atomic E-state index is 0.0390. The Bertz CT molecular complexity index is 1120. The van der Waals surface area contributed by atoms with Crippen molar-refractivity contribution in [3.8, 4) is 0 Å². The van der Waals surface area contributed by atoms with Gasteiger partial charge in [0.15, 0.2) is 0 Å². The highest BCUT2D eigenvalue weighted by Gasteiger charge is 2.44. The number of cyclic esters (lactones) is 1. The second kappa shape index (κ2) is 7.72. The van der Waals surface area contributed by atoms with Crippen LogP contribution in [0, 0.1) is 5.82 Å². The quantitative estimate of drug-likeness (QED) is 0.678. The molecule has 2 atom stereocenters. The molecule has 0 radical (unpaired) electrons. The van der Waals surface area contributed by atoms with Gasteiger partial charge in [0, 0.05) is 30.0 Å². The van der Waals surface area contributed by atoms with Gasteiger partial charge in [-0.25, -0.2) is 9.18 Å². The van der Waals surface area contributed by atoms with Crippen molar-refractivity contribution in [1.82, 2.24) is 14.8 Å². The van der Waals surface area contributed by atoms with Crippen LogP contribution in [0.4, 0.5) is 9.18 Å². The minimum atomic E-state index is -0.327. The molecule has 1 aromatic heterocycles. The first kappa shape index (κ1) is 19.6. The number of benzene rings is 2. The highest BCUT2D eigenvalue weighted by Crippen LogP contribution is 2.36. The smallest absolute Gasteiger partial charge is 0.411 e. The third-order valence-corrected chi connectivity index (χ3v) is 6.40. The van der Waals surface area contributed by atoms with E-state index in [0.717, 1.165) is 11.1 Å². The fraction of sp³-hybridized carbons (Fsp3) is 0.333. The number of carbonyl (C=O) groups is 2. The number of nitrogens with one attached hydrogen (secondary N) is 1. The predicted molar refractivity (Wildman–Crippen MR) is 114 cm³/mol. The largest absolute Gasteiger partial charge is 0.439 e. The summed E-state index contributed by atoms with van der Waals surface area (Å²) in [5, 5.41) is 0.679. The number of piperidine rings is 1. The molecule has 3 heterocycles. The van der Waals surface area contributed by atoms with E-state index in [1.807, 2.05) is 42.2 Å². The van der Waals surface area contributed by atoms with E-state index in [1.165, 1.54) is 12.1 Å². The molecule has 0 spiro atoms. The molecule has 2 aliphatic heterocycles. The molecule has 160 valence electrons. The fourth-order valence-electron chi connectivity index (χ4n) is 4.79. The Morgan fingerprint density at radius 2 is 1.84 bits per heavy atom. The molecule has 7 heteroatoms. The number of amides is 2. The molecule has 2 saturated heterocycles. The van der Waals surface area contributed by atoms with Crippen molar-refractivity contribution in [3.05, 3.63) is 71.7 Å². The Morgan fingerprint density at radius 1 is 1.10 bits per heavy atom. The van der Waals surface area contributed by atoms with Crippen molar-refractivity contribution in [2.45, 2.75) is 38.0 Å². The lowest BCUT2D eigenvalue weighted by Crippen LogP contribution is -2.49. The lowest BCUT2D eigenvalue weighted by atomic mass is 9.98. The van der Waals surface area contributed by atoms with Crippen LogP contribution in [0.2, 0.25) is 0 Å². The first-order valence-electron chi connectivity index (χ1n) is 10.6. The fourth-order valence-corrected chi connectivity index (χ4v) is 4.79. The number of aromatic amines is 1. The zero-order valence-corrected chi connectivity index (χ0v) is 17.3. The molecule has 2 aromatic carbocycles. The van der Waals surface area contributed by atoms with Crippen LogP contribution >= 0.6 is 0 Å². The lowest BCUT2D eigenvalue weighted by molar-refractivity contribution is 0.0636. The average molecular weight is 421 g/mol. The molecule has 0 unspecified atom stereocenters. The van der Waals surface area contributed by atoms with Crippen molar-refractivity contribution in [2.24, 2.45) is 0 Å². The summed E-state index contributed by atoms with van der Waals surface area (Å²) >= 11 is 0. The summed E-state index contributed by atoms with van der Waals surface area (Å²) in [5.74, 6) is -0.430. The van der Waals surface area contributed by atoms with Crippen molar-refractivity contribution in [1.29, 1.82) is 0 Å². The SMILES string of the molecule is C[C@@H]1[C@H](c2ccccc2)OC(=O)N1C1CCN(C(=O)c2cc3cc(F)ccc3[nH]2)CC1. The molecule has 0 bridgehead atoms. The van der Waals surface area contributed by atoms with E-state index in [1.54, 1.807) is 17.0 Å². The monoisotopic (exact) mass is 421 g/mol.